The van der Waals surface area contributed by atoms with E-state index < -0.39 is 11.2 Å². The van der Waals surface area contributed by atoms with Crippen molar-refractivity contribution in [3.8, 4) is 5.75 Å². The van der Waals surface area contributed by atoms with Crippen molar-refractivity contribution < 1.29 is 14.4 Å². The zero-order valence-electron chi connectivity index (χ0n) is 9.05. The van der Waals surface area contributed by atoms with Crippen LogP contribution in [0.3, 0.4) is 0 Å². The molecule has 0 aromatic heterocycles. The van der Waals surface area contributed by atoms with Gasteiger partial charge in [-0.1, -0.05) is 11.6 Å². The lowest BCUT2D eigenvalue weighted by molar-refractivity contribution is -0.444. The normalized spacial score (nSPS) is 18.0. The third kappa shape index (κ3) is 2.40. The van der Waals surface area contributed by atoms with Crippen molar-refractivity contribution in [2.75, 3.05) is 6.61 Å². The number of hydrogen-bond acceptors (Lipinski definition) is 4. The van der Waals surface area contributed by atoms with Gasteiger partial charge in [-0.25, -0.2) is 0 Å². The topological polar surface area (TPSA) is 61.6 Å². The molecule has 0 N–H and O–H groups in total. The highest BCUT2D eigenvalue weighted by Crippen LogP contribution is 2.32. The van der Waals surface area contributed by atoms with Crippen LogP contribution in [0.1, 0.15) is 12.5 Å². The molecule has 1 aromatic carbocycles. The predicted molar refractivity (Wildman–Crippen MR) is 62.5 cm³/mol. The number of halogens is 1. The zero-order valence-corrected chi connectivity index (χ0v) is 9.81. The summed E-state index contributed by atoms with van der Waals surface area (Å²) in [7, 11) is 0. The first-order valence-electron chi connectivity index (χ1n) is 5.05. The lowest BCUT2D eigenvalue weighted by Gasteiger charge is -2.21. The minimum Gasteiger partial charge on any atom is -0.453 e. The van der Waals surface area contributed by atoms with E-state index in [1.54, 1.807) is 25.1 Å². The van der Waals surface area contributed by atoms with E-state index in [-0.39, 0.29) is 5.70 Å². The first-order valence-corrected chi connectivity index (χ1v) is 5.43. The van der Waals surface area contributed by atoms with E-state index in [4.69, 9.17) is 21.1 Å². The molecule has 2 rings (SSSR count). The van der Waals surface area contributed by atoms with E-state index in [0.717, 1.165) is 0 Å². The highest BCUT2D eigenvalue weighted by molar-refractivity contribution is 6.30. The quantitative estimate of drug-likeness (QED) is 0.615. The average Bonchev–Trinajstić information content (AvgIpc) is 2.28. The van der Waals surface area contributed by atoms with Crippen LogP contribution in [-0.4, -0.2) is 17.8 Å². The van der Waals surface area contributed by atoms with Crippen molar-refractivity contribution in [3.63, 3.8) is 0 Å². The molecule has 1 aliphatic heterocycles. The van der Waals surface area contributed by atoms with Gasteiger partial charge in [0, 0.05) is 23.3 Å². The van der Waals surface area contributed by atoms with Gasteiger partial charge >= 0.3 is 5.70 Å². The second-order valence-electron chi connectivity index (χ2n) is 3.41. The summed E-state index contributed by atoms with van der Waals surface area (Å²) in [5.41, 5.74) is 0.460. The van der Waals surface area contributed by atoms with Gasteiger partial charge in [-0.2, -0.15) is 0 Å². The van der Waals surface area contributed by atoms with Gasteiger partial charge in [-0.05, 0) is 25.1 Å². The summed E-state index contributed by atoms with van der Waals surface area (Å²) in [4.78, 5) is 10.4. The van der Waals surface area contributed by atoms with Crippen molar-refractivity contribution in [1.82, 2.24) is 0 Å². The Morgan fingerprint density at radius 2 is 2.35 bits per heavy atom. The highest BCUT2D eigenvalue weighted by Gasteiger charge is 2.32. The molecule has 90 valence electrons. The van der Waals surface area contributed by atoms with Crippen molar-refractivity contribution in [2.45, 2.75) is 13.2 Å². The molecule has 0 saturated heterocycles. The van der Waals surface area contributed by atoms with Gasteiger partial charge in [-0.15, -0.1) is 0 Å². The van der Waals surface area contributed by atoms with E-state index in [1.165, 1.54) is 6.08 Å². The summed E-state index contributed by atoms with van der Waals surface area (Å²) >= 11 is 5.82. The number of nitrogens with zero attached hydrogens (tertiary/aromatic N) is 1. The molecule has 5 nitrogen and oxygen atoms in total. The molecule has 0 fully saturated rings. The maximum absolute atomic E-state index is 10.9. The minimum absolute atomic E-state index is 0.124. The van der Waals surface area contributed by atoms with Crippen molar-refractivity contribution in [1.29, 1.82) is 0 Å². The Kier molecular flexibility index (Phi) is 3.31. The minimum atomic E-state index is -0.969. The zero-order chi connectivity index (χ0) is 12.4. The first-order chi connectivity index (χ1) is 8.11. The fraction of sp³-hybridized carbons (Fsp3) is 0.273. The Morgan fingerprint density at radius 3 is 3.00 bits per heavy atom. The van der Waals surface area contributed by atoms with Crippen molar-refractivity contribution >= 4 is 17.7 Å². The molecule has 0 saturated carbocycles. The van der Waals surface area contributed by atoms with Crippen LogP contribution in [0.2, 0.25) is 5.02 Å². The highest BCUT2D eigenvalue weighted by atomic mass is 35.5. The van der Waals surface area contributed by atoms with Gasteiger partial charge in [0.1, 0.15) is 5.75 Å². The maximum atomic E-state index is 10.9. The van der Waals surface area contributed by atoms with E-state index in [0.29, 0.717) is 22.9 Å². The molecule has 0 amide bonds. The monoisotopic (exact) mass is 255 g/mol. The number of fused-ring (bicyclic) bond motifs is 1. The van der Waals surface area contributed by atoms with Crippen LogP contribution >= 0.6 is 11.6 Å². The third-order valence-electron chi connectivity index (χ3n) is 2.28. The fourth-order valence-corrected chi connectivity index (χ4v) is 1.73. The number of ether oxygens (including phenoxy) is 2. The second-order valence-corrected chi connectivity index (χ2v) is 3.85. The van der Waals surface area contributed by atoms with Crippen molar-refractivity contribution in [3.05, 3.63) is 44.6 Å². The molecule has 6 heteroatoms. The molecule has 0 aliphatic carbocycles. The maximum Gasteiger partial charge on any atom is 0.315 e. The summed E-state index contributed by atoms with van der Waals surface area (Å²) in [6.45, 7) is 2.08. The molecule has 1 heterocycles. The van der Waals surface area contributed by atoms with Gasteiger partial charge in [0.2, 0.25) is 0 Å². The average molecular weight is 256 g/mol. The Labute approximate surface area is 103 Å². The molecule has 1 aliphatic rings. The molecular weight excluding hydrogens is 246 g/mol. The Bertz CT molecular complexity index is 486. The standard InChI is InChI=1S/C11H10ClNO4/c1-2-16-11-9(13(14)15)6-7-5-8(12)3-4-10(7)17-11/h3-6,11H,2H2,1H3. The molecule has 1 atom stereocenters. The van der Waals surface area contributed by atoms with E-state index in [1.807, 2.05) is 0 Å². The van der Waals surface area contributed by atoms with E-state index in [9.17, 15) is 10.1 Å². The van der Waals surface area contributed by atoms with Crippen LogP contribution in [0.25, 0.3) is 6.08 Å². The predicted octanol–water partition coefficient (Wildman–Crippen LogP) is 2.71. The van der Waals surface area contributed by atoms with E-state index >= 15 is 0 Å². The molecule has 1 unspecified atom stereocenters. The smallest absolute Gasteiger partial charge is 0.315 e. The van der Waals surface area contributed by atoms with Gasteiger partial charge in [0.15, 0.2) is 0 Å². The summed E-state index contributed by atoms with van der Waals surface area (Å²) < 4.78 is 10.6. The van der Waals surface area contributed by atoms with Crippen LogP contribution in [-0.2, 0) is 4.74 Å². The summed E-state index contributed by atoms with van der Waals surface area (Å²) in [6.07, 6.45) is 0.453. The molecule has 0 radical (unpaired) electrons. The van der Waals surface area contributed by atoms with Crippen LogP contribution in [0, 0.1) is 10.1 Å². The third-order valence-corrected chi connectivity index (χ3v) is 2.51. The molecule has 17 heavy (non-hydrogen) atoms. The Morgan fingerprint density at radius 1 is 1.59 bits per heavy atom. The molecule has 0 spiro atoms. The molecular formula is C11H10ClNO4. The lowest BCUT2D eigenvalue weighted by atomic mass is 10.1. The van der Waals surface area contributed by atoms with Gasteiger partial charge < -0.3 is 9.47 Å². The van der Waals surface area contributed by atoms with Crippen LogP contribution in [0.15, 0.2) is 23.9 Å². The number of hydrogen-bond donors (Lipinski definition) is 0. The van der Waals surface area contributed by atoms with Crippen molar-refractivity contribution in [2.24, 2.45) is 0 Å². The largest absolute Gasteiger partial charge is 0.453 e. The molecule has 0 bridgehead atoms. The number of rotatable bonds is 3. The SMILES string of the molecule is CCOC1Oc2ccc(Cl)cc2C=C1[N+](=O)[O-]. The van der Waals surface area contributed by atoms with Gasteiger partial charge in [0.25, 0.3) is 6.29 Å². The Balaban J connectivity index is 2.42. The fourth-order valence-electron chi connectivity index (χ4n) is 1.55. The Hall–Kier alpha value is -1.59. The summed E-state index contributed by atoms with van der Waals surface area (Å²) in [5.74, 6) is 0.526. The van der Waals surface area contributed by atoms with Crippen LogP contribution < -0.4 is 4.74 Å². The summed E-state index contributed by atoms with van der Waals surface area (Å²) in [5, 5.41) is 11.4. The molecule has 1 aromatic rings. The number of benzene rings is 1. The van der Waals surface area contributed by atoms with Crippen LogP contribution in [0.4, 0.5) is 0 Å². The van der Waals surface area contributed by atoms with Gasteiger partial charge in [-0.3, -0.25) is 10.1 Å². The van der Waals surface area contributed by atoms with Crippen LogP contribution in [0.5, 0.6) is 5.75 Å². The summed E-state index contributed by atoms with van der Waals surface area (Å²) in [6, 6.07) is 4.94. The van der Waals surface area contributed by atoms with E-state index in [2.05, 4.69) is 0 Å². The first kappa shape index (κ1) is 11.9. The lowest BCUT2D eigenvalue weighted by Crippen LogP contribution is -2.29. The number of nitro groups is 1. The second kappa shape index (κ2) is 4.73. The van der Waals surface area contributed by atoms with Gasteiger partial charge in [0.05, 0.1) is 4.92 Å².